The van der Waals surface area contributed by atoms with Gasteiger partial charge >= 0.3 is 0 Å². The lowest BCUT2D eigenvalue weighted by molar-refractivity contribution is 0.276. The Hall–Kier alpha value is -1.46. The Balaban J connectivity index is 2.13. The summed E-state index contributed by atoms with van der Waals surface area (Å²) in [6, 6.07) is 8.13. The van der Waals surface area contributed by atoms with Crippen LogP contribution >= 0.6 is 15.9 Å². The molecule has 2 rings (SSSR count). The molecule has 0 aliphatic rings. The van der Waals surface area contributed by atoms with Gasteiger partial charge in [-0.05, 0) is 17.7 Å². The first-order valence-electron chi connectivity index (χ1n) is 5.56. The summed E-state index contributed by atoms with van der Waals surface area (Å²) < 4.78 is 1.06. The molecule has 0 saturated carbocycles. The molecule has 0 radical (unpaired) electrons. The molecule has 0 bridgehead atoms. The number of hydrogen-bond acceptors (Lipinski definition) is 4. The third kappa shape index (κ3) is 3.27. The molecule has 0 spiro atoms. The molecular formula is C13H14BrN3O. The zero-order valence-corrected chi connectivity index (χ0v) is 11.6. The van der Waals surface area contributed by atoms with E-state index in [0.29, 0.717) is 5.69 Å². The van der Waals surface area contributed by atoms with Crippen molar-refractivity contribution < 1.29 is 5.11 Å². The van der Waals surface area contributed by atoms with E-state index >= 15 is 0 Å². The van der Waals surface area contributed by atoms with Crippen molar-refractivity contribution in [1.82, 2.24) is 9.97 Å². The van der Waals surface area contributed by atoms with Crippen molar-refractivity contribution in [1.29, 1.82) is 0 Å². The van der Waals surface area contributed by atoms with Crippen LogP contribution in [0.5, 0.6) is 0 Å². The third-order valence-corrected chi connectivity index (χ3v) is 3.03. The minimum atomic E-state index is -0.0917. The molecule has 0 amide bonds. The van der Waals surface area contributed by atoms with Crippen LogP contribution in [0.4, 0.5) is 5.82 Å². The molecule has 18 heavy (non-hydrogen) atoms. The third-order valence-electron chi connectivity index (χ3n) is 2.53. The molecule has 1 aromatic heterocycles. The Kier molecular flexibility index (Phi) is 4.28. The van der Waals surface area contributed by atoms with E-state index in [1.165, 1.54) is 5.56 Å². The van der Waals surface area contributed by atoms with Crippen molar-refractivity contribution in [3.8, 4) is 0 Å². The minimum Gasteiger partial charge on any atom is -0.390 e. The molecule has 2 aromatic rings. The fraction of sp³-hybridized carbons (Fsp3) is 0.231. The minimum absolute atomic E-state index is 0.0917. The van der Waals surface area contributed by atoms with E-state index in [9.17, 15) is 0 Å². The van der Waals surface area contributed by atoms with Gasteiger partial charge in [-0.15, -0.1) is 0 Å². The highest BCUT2D eigenvalue weighted by molar-refractivity contribution is 9.10. The van der Waals surface area contributed by atoms with E-state index in [1.807, 2.05) is 24.1 Å². The van der Waals surface area contributed by atoms with Crippen LogP contribution in [-0.2, 0) is 13.2 Å². The number of aliphatic hydroxyl groups is 1. The maximum Gasteiger partial charge on any atom is 0.147 e. The number of halogens is 1. The van der Waals surface area contributed by atoms with Crippen molar-refractivity contribution in [2.24, 2.45) is 0 Å². The second-order valence-electron chi connectivity index (χ2n) is 4.01. The van der Waals surface area contributed by atoms with Crippen LogP contribution in [0.1, 0.15) is 11.3 Å². The van der Waals surface area contributed by atoms with E-state index in [1.54, 1.807) is 12.4 Å². The Morgan fingerprint density at radius 2 is 2.17 bits per heavy atom. The van der Waals surface area contributed by atoms with E-state index in [0.717, 1.165) is 16.8 Å². The van der Waals surface area contributed by atoms with Gasteiger partial charge in [-0.3, -0.25) is 4.98 Å². The second kappa shape index (κ2) is 5.93. The maximum atomic E-state index is 9.04. The number of aromatic nitrogens is 2. The van der Waals surface area contributed by atoms with Crippen LogP contribution in [0.15, 0.2) is 41.1 Å². The highest BCUT2D eigenvalue weighted by Crippen LogP contribution is 2.16. The number of rotatable bonds is 4. The van der Waals surface area contributed by atoms with Crippen LogP contribution in [0.2, 0.25) is 0 Å². The highest BCUT2D eigenvalue weighted by Gasteiger charge is 2.05. The topological polar surface area (TPSA) is 49.2 Å². The van der Waals surface area contributed by atoms with Crippen LogP contribution in [0.3, 0.4) is 0 Å². The smallest absolute Gasteiger partial charge is 0.147 e. The maximum absolute atomic E-state index is 9.04. The number of aliphatic hydroxyl groups excluding tert-OH is 1. The van der Waals surface area contributed by atoms with Crippen LogP contribution in [0.25, 0.3) is 0 Å². The molecular weight excluding hydrogens is 294 g/mol. The zero-order valence-electron chi connectivity index (χ0n) is 10.0. The molecule has 0 unspecified atom stereocenters. The zero-order chi connectivity index (χ0) is 13.0. The summed E-state index contributed by atoms with van der Waals surface area (Å²) in [6.45, 7) is 0.647. The largest absolute Gasteiger partial charge is 0.390 e. The summed E-state index contributed by atoms with van der Waals surface area (Å²) in [6.07, 6.45) is 3.26. The Morgan fingerprint density at radius 1 is 1.33 bits per heavy atom. The van der Waals surface area contributed by atoms with Crippen LogP contribution < -0.4 is 4.90 Å². The van der Waals surface area contributed by atoms with Gasteiger partial charge in [0.25, 0.3) is 0 Å². The summed E-state index contributed by atoms with van der Waals surface area (Å²) in [5.74, 6) is 0.751. The first-order chi connectivity index (χ1) is 8.69. The fourth-order valence-electron chi connectivity index (χ4n) is 1.65. The predicted octanol–water partition coefficient (Wildman–Crippen LogP) is 2.37. The quantitative estimate of drug-likeness (QED) is 0.942. The fourth-order valence-corrected chi connectivity index (χ4v) is 2.09. The normalized spacial score (nSPS) is 10.4. The van der Waals surface area contributed by atoms with E-state index in [2.05, 4.69) is 38.0 Å². The summed E-state index contributed by atoms with van der Waals surface area (Å²) in [5, 5.41) is 9.04. The molecule has 0 fully saturated rings. The lowest BCUT2D eigenvalue weighted by Gasteiger charge is -2.18. The average Bonchev–Trinajstić information content (AvgIpc) is 2.39. The highest BCUT2D eigenvalue weighted by atomic mass is 79.9. The Labute approximate surface area is 114 Å². The number of nitrogens with zero attached hydrogens (tertiary/aromatic N) is 3. The Morgan fingerprint density at radius 3 is 2.89 bits per heavy atom. The monoisotopic (exact) mass is 307 g/mol. The molecule has 1 N–H and O–H groups in total. The second-order valence-corrected chi connectivity index (χ2v) is 4.93. The number of anilines is 1. The Bertz CT molecular complexity index is 533. The van der Waals surface area contributed by atoms with Crippen molar-refractivity contribution >= 4 is 21.7 Å². The molecule has 94 valence electrons. The molecule has 0 aliphatic heterocycles. The van der Waals surface area contributed by atoms with Crippen molar-refractivity contribution in [2.75, 3.05) is 11.9 Å². The van der Waals surface area contributed by atoms with Crippen molar-refractivity contribution in [3.05, 3.63) is 52.4 Å². The summed E-state index contributed by atoms with van der Waals surface area (Å²) in [7, 11) is 1.95. The molecule has 0 saturated heterocycles. The number of benzene rings is 1. The molecule has 1 heterocycles. The van der Waals surface area contributed by atoms with Gasteiger partial charge in [-0.25, -0.2) is 4.98 Å². The van der Waals surface area contributed by atoms with Gasteiger partial charge in [0, 0.05) is 18.1 Å². The van der Waals surface area contributed by atoms with Gasteiger partial charge in [-0.1, -0.05) is 28.1 Å². The lowest BCUT2D eigenvalue weighted by atomic mass is 10.2. The number of hydrogen-bond donors (Lipinski definition) is 1. The average molecular weight is 308 g/mol. The summed E-state index contributed by atoms with van der Waals surface area (Å²) in [5.41, 5.74) is 1.76. The van der Waals surface area contributed by atoms with E-state index in [-0.39, 0.29) is 6.61 Å². The lowest BCUT2D eigenvalue weighted by Crippen LogP contribution is -2.18. The first-order valence-corrected chi connectivity index (χ1v) is 6.35. The molecule has 0 atom stereocenters. The van der Waals surface area contributed by atoms with Gasteiger partial charge in [0.15, 0.2) is 0 Å². The summed E-state index contributed by atoms with van der Waals surface area (Å²) >= 11 is 3.45. The van der Waals surface area contributed by atoms with Gasteiger partial charge in [0.1, 0.15) is 5.82 Å². The first kappa shape index (κ1) is 13.0. The van der Waals surface area contributed by atoms with Crippen LogP contribution in [0, 0.1) is 0 Å². The SMILES string of the molecule is CN(Cc1cccc(Br)c1)c1cncc(CO)n1. The van der Waals surface area contributed by atoms with Crippen molar-refractivity contribution in [3.63, 3.8) is 0 Å². The molecule has 1 aromatic carbocycles. The van der Waals surface area contributed by atoms with Gasteiger partial charge < -0.3 is 10.0 Å². The van der Waals surface area contributed by atoms with Gasteiger partial charge in [0.05, 0.1) is 24.7 Å². The van der Waals surface area contributed by atoms with Crippen molar-refractivity contribution in [2.45, 2.75) is 13.2 Å². The summed E-state index contributed by atoms with van der Waals surface area (Å²) in [4.78, 5) is 10.4. The van der Waals surface area contributed by atoms with E-state index < -0.39 is 0 Å². The standard InChI is InChI=1S/C13H14BrN3O/c1-17(8-10-3-2-4-11(14)5-10)13-7-15-6-12(9-18)16-13/h2-7,18H,8-9H2,1H3. The van der Waals surface area contributed by atoms with Crippen LogP contribution in [-0.4, -0.2) is 22.1 Å². The molecule has 5 heteroatoms. The molecule has 0 aliphatic carbocycles. The van der Waals surface area contributed by atoms with Gasteiger partial charge in [-0.2, -0.15) is 0 Å². The van der Waals surface area contributed by atoms with Gasteiger partial charge in [0.2, 0.25) is 0 Å². The van der Waals surface area contributed by atoms with E-state index in [4.69, 9.17) is 5.11 Å². The molecule has 4 nitrogen and oxygen atoms in total. The predicted molar refractivity (Wildman–Crippen MR) is 74.2 cm³/mol.